The Kier molecular flexibility index (Phi) is 8.22. The summed E-state index contributed by atoms with van der Waals surface area (Å²) >= 11 is 0. The van der Waals surface area contributed by atoms with Crippen LogP contribution in [0.15, 0.2) is 18.2 Å². The van der Waals surface area contributed by atoms with Gasteiger partial charge in [0.15, 0.2) is 11.6 Å². The second kappa shape index (κ2) is 9.92. The zero-order valence-electron chi connectivity index (χ0n) is 13.3. The minimum atomic E-state index is -1.27. The SMILES string of the molecule is CCCCCCCC[C@@H](NC(=O)c1cccc(F)c1F)C(=O)O. The van der Waals surface area contributed by atoms with E-state index in [0.29, 0.717) is 6.42 Å². The van der Waals surface area contributed by atoms with Gasteiger partial charge in [-0.15, -0.1) is 0 Å². The van der Waals surface area contributed by atoms with Crippen molar-refractivity contribution in [3.8, 4) is 0 Å². The predicted octanol–water partition coefficient (Wildman–Crippen LogP) is 3.90. The lowest BCUT2D eigenvalue weighted by atomic mass is 10.1. The van der Waals surface area contributed by atoms with Gasteiger partial charge in [-0.25, -0.2) is 13.6 Å². The Labute approximate surface area is 134 Å². The van der Waals surface area contributed by atoms with Crippen LogP contribution in [0.1, 0.15) is 62.2 Å². The molecule has 0 heterocycles. The molecule has 1 aromatic rings. The Morgan fingerprint density at radius 2 is 1.78 bits per heavy atom. The molecular formula is C17H23F2NO3. The van der Waals surface area contributed by atoms with E-state index in [9.17, 15) is 18.4 Å². The molecule has 0 saturated heterocycles. The Morgan fingerprint density at radius 1 is 1.13 bits per heavy atom. The van der Waals surface area contributed by atoms with Crippen molar-refractivity contribution in [2.24, 2.45) is 0 Å². The van der Waals surface area contributed by atoms with Gasteiger partial charge in [-0.1, -0.05) is 51.5 Å². The first-order valence-corrected chi connectivity index (χ1v) is 7.95. The summed E-state index contributed by atoms with van der Waals surface area (Å²) in [5, 5.41) is 11.4. The van der Waals surface area contributed by atoms with Crippen LogP contribution in [-0.4, -0.2) is 23.0 Å². The standard InChI is InChI=1S/C17H23F2NO3/c1-2-3-4-5-6-7-11-14(17(22)23)20-16(21)12-9-8-10-13(18)15(12)19/h8-10,14H,2-7,11H2,1H3,(H,20,21)(H,22,23)/t14-/m1/s1. The monoisotopic (exact) mass is 327 g/mol. The Balaban J connectivity index is 2.53. The van der Waals surface area contributed by atoms with Gasteiger partial charge in [0.1, 0.15) is 6.04 Å². The molecule has 0 aromatic heterocycles. The summed E-state index contributed by atoms with van der Waals surface area (Å²) in [6, 6.07) is 2.13. The lowest BCUT2D eigenvalue weighted by Crippen LogP contribution is -2.41. The van der Waals surface area contributed by atoms with Gasteiger partial charge in [0, 0.05) is 0 Å². The van der Waals surface area contributed by atoms with Gasteiger partial charge >= 0.3 is 5.97 Å². The summed E-state index contributed by atoms with van der Waals surface area (Å²) in [6.45, 7) is 2.11. The molecule has 4 nitrogen and oxygen atoms in total. The molecule has 128 valence electrons. The van der Waals surface area contributed by atoms with Crippen LogP contribution < -0.4 is 5.32 Å². The molecule has 0 aliphatic heterocycles. The van der Waals surface area contributed by atoms with Crippen LogP contribution in [0.3, 0.4) is 0 Å². The van der Waals surface area contributed by atoms with Crippen LogP contribution in [0.2, 0.25) is 0 Å². The highest BCUT2D eigenvalue weighted by Crippen LogP contribution is 2.13. The average Bonchev–Trinajstić information content (AvgIpc) is 2.51. The van der Waals surface area contributed by atoms with Crippen LogP contribution in [0.4, 0.5) is 8.78 Å². The number of unbranched alkanes of at least 4 members (excludes halogenated alkanes) is 5. The number of amides is 1. The number of carboxylic acid groups (broad SMARTS) is 1. The smallest absolute Gasteiger partial charge is 0.326 e. The van der Waals surface area contributed by atoms with Crippen molar-refractivity contribution >= 4 is 11.9 Å². The number of carbonyl (C=O) groups excluding carboxylic acids is 1. The van der Waals surface area contributed by atoms with Gasteiger partial charge in [0.25, 0.3) is 5.91 Å². The van der Waals surface area contributed by atoms with Crippen LogP contribution in [0, 0.1) is 11.6 Å². The number of benzene rings is 1. The summed E-state index contributed by atoms with van der Waals surface area (Å²) in [5.41, 5.74) is -0.487. The summed E-state index contributed by atoms with van der Waals surface area (Å²) in [5.74, 6) is -4.50. The molecule has 0 radical (unpaired) electrons. The van der Waals surface area contributed by atoms with Gasteiger partial charge in [-0.3, -0.25) is 4.79 Å². The second-order valence-electron chi connectivity index (χ2n) is 5.52. The minimum absolute atomic E-state index is 0.268. The summed E-state index contributed by atoms with van der Waals surface area (Å²) in [4.78, 5) is 23.1. The predicted molar refractivity (Wildman–Crippen MR) is 83.2 cm³/mol. The molecule has 1 atom stereocenters. The molecule has 6 heteroatoms. The van der Waals surface area contributed by atoms with E-state index in [-0.39, 0.29) is 6.42 Å². The first kappa shape index (κ1) is 19.1. The third-order valence-electron chi connectivity index (χ3n) is 3.65. The number of hydrogen-bond donors (Lipinski definition) is 2. The van der Waals surface area contributed by atoms with Crippen molar-refractivity contribution < 1.29 is 23.5 Å². The number of carbonyl (C=O) groups is 2. The number of aliphatic carboxylic acids is 1. The molecule has 1 amide bonds. The van der Waals surface area contributed by atoms with Crippen molar-refractivity contribution in [2.45, 2.75) is 57.9 Å². The zero-order chi connectivity index (χ0) is 17.2. The number of hydrogen-bond acceptors (Lipinski definition) is 2. The van der Waals surface area contributed by atoms with Crippen LogP contribution >= 0.6 is 0 Å². The molecule has 0 spiro atoms. The summed E-state index contributed by atoms with van der Waals surface area (Å²) in [7, 11) is 0. The van der Waals surface area contributed by atoms with Gasteiger partial charge in [-0.2, -0.15) is 0 Å². The van der Waals surface area contributed by atoms with Gasteiger partial charge in [0.2, 0.25) is 0 Å². The highest BCUT2D eigenvalue weighted by atomic mass is 19.2. The normalized spacial score (nSPS) is 12.0. The maximum atomic E-state index is 13.5. The van der Waals surface area contributed by atoms with Crippen molar-refractivity contribution in [1.29, 1.82) is 0 Å². The number of nitrogens with one attached hydrogen (secondary N) is 1. The summed E-state index contributed by atoms with van der Waals surface area (Å²) in [6.07, 6.45) is 6.22. The van der Waals surface area contributed by atoms with Gasteiger partial charge < -0.3 is 10.4 Å². The maximum absolute atomic E-state index is 13.5. The Bertz CT molecular complexity index is 535. The lowest BCUT2D eigenvalue weighted by molar-refractivity contribution is -0.139. The van der Waals surface area contributed by atoms with Crippen LogP contribution in [0.25, 0.3) is 0 Å². The Hall–Kier alpha value is -1.98. The quantitative estimate of drug-likeness (QED) is 0.641. The van der Waals surface area contributed by atoms with E-state index in [2.05, 4.69) is 12.2 Å². The number of rotatable bonds is 10. The van der Waals surface area contributed by atoms with E-state index in [1.165, 1.54) is 6.07 Å². The molecule has 0 fully saturated rings. The molecular weight excluding hydrogens is 304 g/mol. The number of halogens is 2. The highest BCUT2D eigenvalue weighted by Gasteiger charge is 2.22. The molecule has 0 unspecified atom stereocenters. The summed E-state index contributed by atoms with van der Waals surface area (Å²) < 4.78 is 26.7. The fourth-order valence-electron chi connectivity index (χ4n) is 2.30. The zero-order valence-corrected chi connectivity index (χ0v) is 13.3. The van der Waals surface area contributed by atoms with E-state index in [1.807, 2.05) is 0 Å². The molecule has 1 rings (SSSR count). The largest absolute Gasteiger partial charge is 0.480 e. The average molecular weight is 327 g/mol. The molecule has 1 aromatic carbocycles. The van der Waals surface area contributed by atoms with Crippen molar-refractivity contribution in [3.05, 3.63) is 35.4 Å². The van der Waals surface area contributed by atoms with E-state index >= 15 is 0 Å². The molecule has 0 aliphatic carbocycles. The lowest BCUT2D eigenvalue weighted by Gasteiger charge is -2.15. The van der Waals surface area contributed by atoms with E-state index < -0.39 is 35.1 Å². The third kappa shape index (κ3) is 6.34. The van der Waals surface area contributed by atoms with E-state index in [1.54, 1.807) is 0 Å². The van der Waals surface area contributed by atoms with E-state index in [0.717, 1.165) is 44.2 Å². The van der Waals surface area contributed by atoms with Crippen molar-refractivity contribution in [1.82, 2.24) is 5.32 Å². The van der Waals surface area contributed by atoms with Gasteiger partial charge in [-0.05, 0) is 18.6 Å². The Morgan fingerprint density at radius 3 is 2.43 bits per heavy atom. The molecule has 2 N–H and O–H groups in total. The highest BCUT2D eigenvalue weighted by molar-refractivity contribution is 5.96. The fourth-order valence-corrected chi connectivity index (χ4v) is 2.30. The maximum Gasteiger partial charge on any atom is 0.326 e. The molecule has 0 saturated carbocycles. The van der Waals surface area contributed by atoms with Crippen molar-refractivity contribution in [3.63, 3.8) is 0 Å². The van der Waals surface area contributed by atoms with E-state index in [4.69, 9.17) is 5.11 Å². The number of carboxylic acids is 1. The minimum Gasteiger partial charge on any atom is -0.480 e. The first-order chi connectivity index (χ1) is 11.0. The third-order valence-corrected chi connectivity index (χ3v) is 3.65. The molecule has 0 aliphatic rings. The van der Waals surface area contributed by atoms with Crippen molar-refractivity contribution in [2.75, 3.05) is 0 Å². The van der Waals surface area contributed by atoms with Crippen LogP contribution in [0.5, 0.6) is 0 Å². The first-order valence-electron chi connectivity index (χ1n) is 7.95. The molecule has 23 heavy (non-hydrogen) atoms. The fraction of sp³-hybridized carbons (Fsp3) is 0.529. The topological polar surface area (TPSA) is 66.4 Å². The molecule has 0 bridgehead atoms. The van der Waals surface area contributed by atoms with Gasteiger partial charge in [0.05, 0.1) is 5.56 Å². The second-order valence-corrected chi connectivity index (χ2v) is 5.52. The van der Waals surface area contributed by atoms with Crippen LogP contribution in [-0.2, 0) is 4.79 Å².